The van der Waals surface area contributed by atoms with Gasteiger partial charge in [-0.2, -0.15) is 0 Å². The van der Waals surface area contributed by atoms with Crippen LogP contribution in [0, 0.1) is 0 Å². The third kappa shape index (κ3) is 4.77. The topological polar surface area (TPSA) is 88.6 Å². The van der Waals surface area contributed by atoms with Crippen LogP contribution >= 0.6 is 0 Å². The average molecular weight is 426 g/mol. The number of carbonyl (C=O) groups is 1. The fourth-order valence-corrected chi connectivity index (χ4v) is 4.35. The van der Waals surface area contributed by atoms with Crippen LogP contribution < -0.4 is 14.4 Å². The van der Waals surface area contributed by atoms with E-state index in [2.05, 4.69) is 10.3 Å². The summed E-state index contributed by atoms with van der Waals surface area (Å²) in [6.07, 6.45) is 3.49. The Morgan fingerprint density at radius 2 is 1.80 bits per heavy atom. The largest absolute Gasteiger partial charge is 0.497 e. The third-order valence-electron chi connectivity index (χ3n) is 4.54. The van der Waals surface area contributed by atoms with Crippen molar-refractivity contribution in [1.29, 1.82) is 0 Å². The summed E-state index contributed by atoms with van der Waals surface area (Å²) in [6.45, 7) is 1.60. The van der Waals surface area contributed by atoms with Crippen LogP contribution in [-0.2, 0) is 21.2 Å². The van der Waals surface area contributed by atoms with Gasteiger partial charge in [-0.25, -0.2) is 8.42 Å². The monoisotopic (exact) mass is 425 g/mol. The molecular weight excluding hydrogens is 402 g/mol. The number of sulfonamides is 1. The van der Waals surface area contributed by atoms with Gasteiger partial charge >= 0.3 is 0 Å². The summed E-state index contributed by atoms with van der Waals surface area (Å²) in [6, 6.07) is 16.9. The van der Waals surface area contributed by atoms with Crippen molar-refractivity contribution in [2.75, 3.05) is 23.3 Å². The molecule has 1 amide bonds. The van der Waals surface area contributed by atoms with E-state index < -0.39 is 15.9 Å². The van der Waals surface area contributed by atoms with E-state index in [4.69, 9.17) is 4.74 Å². The van der Waals surface area contributed by atoms with Gasteiger partial charge in [-0.1, -0.05) is 25.1 Å². The number of pyridine rings is 1. The molecule has 0 atom stereocenters. The summed E-state index contributed by atoms with van der Waals surface area (Å²) >= 11 is 0. The van der Waals surface area contributed by atoms with Crippen molar-refractivity contribution < 1.29 is 17.9 Å². The zero-order valence-corrected chi connectivity index (χ0v) is 17.6. The predicted octanol–water partition coefficient (Wildman–Crippen LogP) is 3.49. The molecule has 1 N–H and O–H groups in total. The highest BCUT2D eigenvalue weighted by atomic mass is 32.2. The highest BCUT2D eigenvalue weighted by Crippen LogP contribution is 2.26. The van der Waals surface area contributed by atoms with Crippen molar-refractivity contribution in [1.82, 2.24) is 4.98 Å². The molecule has 3 rings (SSSR count). The maximum absolute atomic E-state index is 13.3. The summed E-state index contributed by atoms with van der Waals surface area (Å²) in [7, 11) is -2.48. The lowest BCUT2D eigenvalue weighted by Gasteiger charge is -2.24. The molecule has 0 saturated heterocycles. The van der Waals surface area contributed by atoms with E-state index in [0.29, 0.717) is 17.1 Å². The molecule has 0 aliphatic carbocycles. The van der Waals surface area contributed by atoms with E-state index >= 15 is 0 Å². The maximum Gasteiger partial charge on any atom is 0.266 e. The van der Waals surface area contributed by atoms with E-state index in [1.807, 2.05) is 25.1 Å². The van der Waals surface area contributed by atoms with Crippen LogP contribution in [0.15, 0.2) is 78.0 Å². The molecule has 30 heavy (non-hydrogen) atoms. The van der Waals surface area contributed by atoms with E-state index in [9.17, 15) is 13.2 Å². The molecule has 8 heteroatoms. The molecule has 0 bridgehead atoms. The summed E-state index contributed by atoms with van der Waals surface area (Å²) in [5.41, 5.74) is 1.98. The molecule has 1 heterocycles. The fourth-order valence-electron chi connectivity index (χ4n) is 2.96. The first-order valence-electron chi connectivity index (χ1n) is 9.40. The predicted molar refractivity (Wildman–Crippen MR) is 116 cm³/mol. The van der Waals surface area contributed by atoms with Crippen LogP contribution in [0.3, 0.4) is 0 Å². The van der Waals surface area contributed by atoms with E-state index in [0.717, 1.165) is 16.3 Å². The van der Waals surface area contributed by atoms with Gasteiger partial charge in [-0.15, -0.1) is 0 Å². The summed E-state index contributed by atoms with van der Waals surface area (Å²) in [5, 5.41) is 2.82. The molecular formula is C22H23N3O4S. The molecule has 0 saturated carbocycles. The lowest BCUT2D eigenvalue weighted by Crippen LogP contribution is -2.38. The second kappa shape index (κ2) is 9.41. The number of nitrogens with zero attached hydrogens (tertiary/aromatic N) is 2. The number of carbonyl (C=O) groups excluding carboxylic acids is 1. The van der Waals surface area contributed by atoms with Gasteiger partial charge in [-0.05, 0) is 54.4 Å². The van der Waals surface area contributed by atoms with Gasteiger partial charge in [0, 0.05) is 18.1 Å². The van der Waals surface area contributed by atoms with E-state index in [1.165, 1.54) is 31.6 Å². The van der Waals surface area contributed by atoms with Crippen LogP contribution in [-0.4, -0.2) is 33.0 Å². The van der Waals surface area contributed by atoms with E-state index in [-0.39, 0.29) is 11.4 Å². The fraction of sp³-hybridized carbons (Fsp3) is 0.182. The Labute approximate surface area is 176 Å². The molecule has 3 aromatic rings. The lowest BCUT2D eigenvalue weighted by atomic mass is 10.1. The van der Waals surface area contributed by atoms with Crippen molar-refractivity contribution in [3.63, 3.8) is 0 Å². The maximum atomic E-state index is 13.3. The quantitative estimate of drug-likeness (QED) is 0.597. The SMILES string of the molecule is CCc1ccccc1NC(=O)CN(c1ccc(OC)cc1)S(=O)(=O)c1cccnc1. The molecule has 7 nitrogen and oxygen atoms in total. The number of hydrogen-bond acceptors (Lipinski definition) is 5. The molecule has 1 aromatic heterocycles. The molecule has 156 valence electrons. The zero-order valence-electron chi connectivity index (χ0n) is 16.8. The number of nitrogens with one attached hydrogen (secondary N) is 1. The molecule has 0 aliphatic rings. The first-order valence-corrected chi connectivity index (χ1v) is 10.8. The average Bonchev–Trinajstić information content (AvgIpc) is 2.78. The van der Waals surface area contributed by atoms with Gasteiger partial charge in [0.1, 0.15) is 17.2 Å². The Morgan fingerprint density at radius 1 is 1.07 bits per heavy atom. The summed E-state index contributed by atoms with van der Waals surface area (Å²) in [5.74, 6) is 0.137. The number of amides is 1. The summed E-state index contributed by atoms with van der Waals surface area (Å²) in [4.78, 5) is 16.7. The minimum Gasteiger partial charge on any atom is -0.497 e. The third-order valence-corrected chi connectivity index (χ3v) is 6.30. The van der Waals surface area contributed by atoms with Crippen LogP contribution in [0.25, 0.3) is 0 Å². The Bertz CT molecular complexity index is 1100. The second-order valence-electron chi connectivity index (χ2n) is 6.46. The van der Waals surface area contributed by atoms with Crippen LogP contribution in [0.4, 0.5) is 11.4 Å². The first-order chi connectivity index (χ1) is 14.5. The number of aromatic nitrogens is 1. The normalized spacial score (nSPS) is 11.0. The van der Waals surface area contributed by atoms with Gasteiger partial charge in [0.2, 0.25) is 5.91 Å². The molecule has 0 radical (unpaired) electrons. The van der Waals surface area contributed by atoms with Crippen molar-refractivity contribution in [3.8, 4) is 5.75 Å². The number of hydrogen-bond donors (Lipinski definition) is 1. The standard InChI is InChI=1S/C22H23N3O4S/c1-3-17-7-4-5-9-21(17)24-22(26)16-25(18-10-12-19(29-2)13-11-18)30(27,28)20-8-6-14-23-15-20/h4-15H,3,16H2,1-2H3,(H,24,26). The van der Waals surface area contributed by atoms with Gasteiger partial charge in [0.15, 0.2) is 0 Å². The Balaban J connectivity index is 1.94. The Kier molecular flexibility index (Phi) is 6.68. The minimum atomic E-state index is -4.01. The smallest absolute Gasteiger partial charge is 0.266 e. The zero-order chi connectivity index (χ0) is 21.6. The second-order valence-corrected chi connectivity index (χ2v) is 8.32. The van der Waals surface area contributed by atoms with Crippen LogP contribution in [0.5, 0.6) is 5.75 Å². The van der Waals surface area contributed by atoms with Gasteiger partial charge in [0.25, 0.3) is 10.0 Å². The van der Waals surface area contributed by atoms with Gasteiger partial charge in [-0.3, -0.25) is 14.1 Å². The minimum absolute atomic E-state index is 0.00239. The van der Waals surface area contributed by atoms with Crippen molar-refractivity contribution in [2.24, 2.45) is 0 Å². The Hall–Kier alpha value is -3.39. The number of anilines is 2. The lowest BCUT2D eigenvalue weighted by molar-refractivity contribution is -0.114. The van der Waals surface area contributed by atoms with Crippen LogP contribution in [0.2, 0.25) is 0 Å². The van der Waals surface area contributed by atoms with Crippen LogP contribution in [0.1, 0.15) is 12.5 Å². The van der Waals surface area contributed by atoms with E-state index in [1.54, 1.807) is 30.3 Å². The number of aryl methyl sites for hydroxylation is 1. The first kappa shape index (κ1) is 21.3. The molecule has 0 unspecified atom stereocenters. The number of para-hydroxylation sites is 1. The molecule has 0 aliphatic heterocycles. The molecule has 2 aromatic carbocycles. The number of ether oxygens (including phenoxy) is 1. The summed E-state index contributed by atoms with van der Waals surface area (Å²) < 4.78 is 32.8. The Morgan fingerprint density at radius 3 is 2.43 bits per heavy atom. The van der Waals surface area contributed by atoms with Gasteiger partial charge < -0.3 is 10.1 Å². The highest BCUT2D eigenvalue weighted by Gasteiger charge is 2.27. The van der Waals surface area contributed by atoms with Gasteiger partial charge in [0.05, 0.1) is 12.8 Å². The van der Waals surface area contributed by atoms with Crippen molar-refractivity contribution >= 4 is 27.3 Å². The number of benzene rings is 2. The van der Waals surface area contributed by atoms with Crippen molar-refractivity contribution in [2.45, 2.75) is 18.2 Å². The van der Waals surface area contributed by atoms with Crippen molar-refractivity contribution in [3.05, 3.63) is 78.6 Å². The molecule has 0 spiro atoms. The number of rotatable bonds is 8. The number of methoxy groups -OCH3 is 1. The molecule has 0 fully saturated rings. The highest BCUT2D eigenvalue weighted by molar-refractivity contribution is 7.92.